The summed E-state index contributed by atoms with van der Waals surface area (Å²) in [5, 5.41) is 6.60. The molecule has 0 aliphatic carbocycles. The Morgan fingerprint density at radius 1 is 0.919 bits per heavy atom. The number of nitrogens with one attached hydrogen (secondary N) is 3. The summed E-state index contributed by atoms with van der Waals surface area (Å²) < 4.78 is 27.6. The average molecular weight is 524 g/mol. The number of hydrogen-bond acceptors (Lipinski definition) is 8. The van der Waals surface area contributed by atoms with Crippen molar-refractivity contribution in [1.29, 1.82) is 0 Å². The fraction of sp³-hybridized carbons (Fsp3) is 0.407. The summed E-state index contributed by atoms with van der Waals surface area (Å²) in [5.41, 5.74) is 5.13. The van der Waals surface area contributed by atoms with E-state index in [0.717, 1.165) is 48.7 Å². The van der Waals surface area contributed by atoms with Crippen LogP contribution in [0.15, 0.2) is 48.7 Å². The molecule has 0 amide bonds. The fourth-order valence-electron chi connectivity index (χ4n) is 4.17. The molecule has 2 aromatic carbocycles. The minimum absolute atomic E-state index is 0.0386. The van der Waals surface area contributed by atoms with Crippen LogP contribution in [0, 0.1) is 19.8 Å². The summed E-state index contributed by atoms with van der Waals surface area (Å²) in [6.07, 6.45) is 1.76. The molecule has 3 N–H and O–H groups in total. The summed E-state index contributed by atoms with van der Waals surface area (Å²) in [6.45, 7) is 11.8. The Bertz CT molecular complexity index is 1320. The molecule has 0 spiro atoms. The van der Waals surface area contributed by atoms with Gasteiger partial charge in [-0.15, -0.1) is 0 Å². The van der Waals surface area contributed by atoms with Gasteiger partial charge < -0.3 is 20.4 Å². The van der Waals surface area contributed by atoms with E-state index in [-0.39, 0.29) is 11.7 Å². The van der Waals surface area contributed by atoms with Crippen LogP contribution in [0.25, 0.3) is 0 Å². The second-order valence-electron chi connectivity index (χ2n) is 10.1. The second kappa shape index (κ2) is 11.4. The van der Waals surface area contributed by atoms with Crippen molar-refractivity contribution in [1.82, 2.24) is 14.9 Å². The number of nitrogens with zero attached hydrogens (tertiary/aromatic N) is 4. The van der Waals surface area contributed by atoms with Gasteiger partial charge in [0.05, 0.1) is 11.4 Å². The highest BCUT2D eigenvalue weighted by Crippen LogP contribution is 2.27. The highest BCUT2D eigenvalue weighted by Gasteiger charge is 2.16. The normalized spacial score (nSPS) is 14.6. The average Bonchev–Trinajstić information content (AvgIpc) is 2.83. The lowest BCUT2D eigenvalue weighted by Crippen LogP contribution is -2.44. The molecule has 10 heteroatoms. The number of aryl methyl sites for hydroxylation is 2. The summed E-state index contributed by atoms with van der Waals surface area (Å²) in [5.74, 6) is 1.23. The first-order valence-electron chi connectivity index (χ1n) is 12.6. The van der Waals surface area contributed by atoms with Crippen molar-refractivity contribution in [3.8, 4) is 0 Å². The third-order valence-electron chi connectivity index (χ3n) is 6.28. The predicted octanol–water partition coefficient (Wildman–Crippen LogP) is 4.73. The van der Waals surface area contributed by atoms with Gasteiger partial charge in [0.1, 0.15) is 5.82 Å². The predicted molar refractivity (Wildman–Crippen MR) is 153 cm³/mol. The molecule has 4 rings (SSSR count). The summed E-state index contributed by atoms with van der Waals surface area (Å²) in [6, 6.07) is 13.9. The van der Waals surface area contributed by atoms with Gasteiger partial charge in [-0.3, -0.25) is 4.72 Å². The molecule has 1 aliphatic rings. The van der Waals surface area contributed by atoms with E-state index in [1.165, 1.54) is 5.69 Å². The van der Waals surface area contributed by atoms with Gasteiger partial charge in [0, 0.05) is 55.0 Å². The maximum atomic E-state index is 12.5. The fourth-order valence-corrected chi connectivity index (χ4v) is 5.69. The number of likely N-dealkylation sites (N-methyl/N-ethyl adjacent to an activating group) is 1. The van der Waals surface area contributed by atoms with Gasteiger partial charge in [0.15, 0.2) is 0 Å². The van der Waals surface area contributed by atoms with Crippen LogP contribution in [0.2, 0.25) is 0 Å². The van der Waals surface area contributed by atoms with Crippen molar-refractivity contribution in [3.63, 3.8) is 0 Å². The molecule has 1 aliphatic heterocycles. The van der Waals surface area contributed by atoms with E-state index < -0.39 is 10.0 Å². The van der Waals surface area contributed by atoms with Gasteiger partial charge in [-0.1, -0.05) is 19.9 Å². The van der Waals surface area contributed by atoms with Crippen molar-refractivity contribution in [2.45, 2.75) is 27.7 Å². The zero-order valence-electron chi connectivity index (χ0n) is 22.2. The molecule has 0 radical (unpaired) electrons. The Labute approximate surface area is 220 Å². The zero-order valence-corrected chi connectivity index (χ0v) is 23.1. The number of aromatic nitrogens is 2. The van der Waals surface area contributed by atoms with Crippen LogP contribution in [0.3, 0.4) is 0 Å². The minimum Gasteiger partial charge on any atom is -0.369 e. The van der Waals surface area contributed by atoms with Gasteiger partial charge in [0.25, 0.3) is 0 Å². The lowest BCUT2D eigenvalue weighted by atomic mass is 10.2. The Morgan fingerprint density at radius 3 is 2.27 bits per heavy atom. The maximum Gasteiger partial charge on any atom is 0.232 e. The first kappa shape index (κ1) is 26.7. The minimum atomic E-state index is -3.43. The first-order chi connectivity index (χ1) is 17.6. The molecule has 0 atom stereocenters. The molecule has 0 saturated carbocycles. The van der Waals surface area contributed by atoms with Crippen LogP contribution < -0.4 is 20.3 Å². The smallest absolute Gasteiger partial charge is 0.232 e. The Hall–Kier alpha value is -3.37. The summed E-state index contributed by atoms with van der Waals surface area (Å²) in [4.78, 5) is 13.8. The van der Waals surface area contributed by atoms with Crippen molar-refractivity contribution >= 4 is 44.5 Å². The summed E-state index contributed by atoms with van der Waals surface area (Å²) >= 11 is 0. The molecule has 1 saturated heterocycles. The molecule has 3 aromatic rings. The Kier molecular flexibility index (Phi) is 8.19. The van der Waals surface area contributed by atoms with Gasteiger partial charge >= 0.3 is 0 Å². The Balaban J connectivity index is 1.46. The molecule has 1 aromatic heterocycles. The molecule has 0 unspecified atom stereocenters. The Morgan fingerprint density at radius 2 is 1.59 bits per heavy atom. The van der Waals surface area contributed by atoms with Crippen LogP contribution in [-0.2, 0) is 10.0 Å². The van der Waals surface area contributed by atoms with E-state index in [4.69, 9.17) is 0 Å². The number of rotatable bonds is 9. The van der Waals surface area contributed by atoms with Crippen LogP contribution in [0.4, 0.5) is 34.5 Å². The van der Waals surface area contributed by atoms with E-state index >= 15 is 0 Å². The molecule has 0 bridgehead atoms. The topological polar surface area (TPSA) is 102 Å². The molecular weight excluding hydrogens is 486 g/mol. The first-order valence-corrected chi connectivity index (χ1v) is 14.3. The molecule has 37 heavy (non-hydrogen) atoms. The quantitative estimate of drug-likeness (QED) is 0.370. The van der Waals surface area contributed by atoms with Gasteiger partial charge in [-0.05, 0) is 68.8 Å². The highest BCUT2D eigenvalue weighted by atomic mass is 32.2. The third-order valence-corrected chi connectivity index (χ3v) is 7.92. The van der Waals surface area contributed by atoms with Gasteiger partial charge in [-0.25, -0.2) is 13.4 Å². The molecule has 198 valence electrons. The van der Waals surface area contributed by atoms with Crippen LogP contribution in [0.5, 0.6) is 0 Å². The van der Waals surface area contributed by atoms with E-state index in [9.17, 15) is 8.42 Å². The monoisotopic (exact) mass is 523 g/mol. The maximum absolute atomic E-state index is 12.5. The third kappa shape index (κ3) is 7.33. The van der Waals surface area contributed by atoms with Crippen LogP contribution in [0.1, 0.15) is 25.0 Å². The SMILES string of the molecule is Cc1ccc(Nc2nc(Nc3ccc(N4CCN(C)CC4)cc3)ncc2C)cc1NS(=O)(=O)CC(C)C. The van der Waals surface area contributed by atoms with E-state index in [0.29, 0.717) is 17.5 Å². The van der Waals surface area contributed by atoms with Gasteiger partial charge in [0.2, 0.25) is 16.0 Å². The van der Waals surface area contributed by atoms with E-state index in [2.05, 4.69) is 54.3 Å². The summed E-state index contributed by atoms with van der Waals surface area (Å²) in [7, 11) is -1.27. The van der Waals surface area contributed by atoms with Crippen LogP contribution >= 0.6 is 0 Å². The molecule has 9 nitrogen and oxygen atoms in total. The van der Waals surface area contributed by atoms with Crippen molar-refractivity contribution in [2.24, 2.45) is 5.92 Å². The lowest BCUT2D eigenvalue weighted by Gasteiger charge is -2.34. The van der Waals surface area contributed by atoms with Gasteiger partial charge in [-0.2, -0.15) is 4.98 Å². The molecule has 2 heterocycles. The number of hydrogen-bond donors (Lipinski definition) is 3. The lowest BCUT2D eigenvalue weighted by molar-refractivity contribution is 0.313. The largest absolute Gasteiger partial charge is 0.369 e. The number of sulfonamides is 1. The molecule has 1 fully saturated rings. The zero-order chi connectivity index (χ0) is 26.6. The standard InChI is InChI=1S/C27H37N7O2S/c1-19(2)18-37(35,36)32-25-16-23(7-6-20(25)3)29-26-21(4)17-28-27(31-26)30-22-8-10-24(11-9-22)34-14-12-33(5)13-15-34/h6-11,16-17,19,32H,12-15,18H2,1-5H3,(H2,28,29,30,31). The van der Waals surface area contributed by atoms with Crippen molar-refractivity contribution < 1.29 is 8.42 Å². The number of piperazine rings is 1. The number of benzene rings is 2. The van der Waals surface area contributed by atoms with E-state index in [1.54, 1.807) is 12.3 Å². The second-order valence-corrected chi connectivity index (χ2v) is 11.9. The van der Waals surface area contributed by atoms with Crippen molar-refractivity contribution in [2.75, 3.05) is 59.2 Å². The molecular formula is C27H37N7O2S. The van der Waals surface area contributed by atoms with Crippen molar-refractivity contribution in [3.05, 3.63) is 59.8 Å². The number of anilines is 6. The van der Waals surface area contributed by atoms with Crippen LogP contribution in [-0.4, -0.2) is 62.3 Å². The highest BCUT2D eigenvalue weighted by molar-refractivity contribution is 7.92. The van der Waals surface area contributed by atoms with E-state index in [1.807, 2.05) is 52.0 Å².